The molecule has 6 N–H and O–H groups in total. The molecule has 0 unspecified atom stereocenters. The van der Waals surface area contributed by atoms with Crippen molar-refractivity contribution >= 4 is 36.5 Å². The molecule has 2 atom stereocenters. The summed E-state index contributed by atoms with van der Waals surface area (Å²) in [5.74, 6) is -3.19. The van der Waals surface area contributed by atoms with Crippen LogP contribution in [-0.2, 0) is 14.4 Å². The van der Waals surface area contributed by atoms with Crippen LogP contribution in [0.4, 0.5) is 4.79 Å². The number of aliphatic carboxylic acids is 2. The van der Waals surface area contributed by atoms with Crippen molar-refractivity contribution in [3.05, 3.63) is 12.3 Å². The summed E-state index contributed by atoms with van der Waals surface area (Å²) < 4.78 is 0. The van der Waals surface area contributed by atoms with Crippen LogP contribution in [0.5, 0.6) is 0 Å². The molecule has 0 radical (unpaired) electrons. The molecule has 0 aromatic heterocycles. The number of allylic oxidation sites excluding steroid dienone is 1. The minimum Gasteiger partial charge on any atom is -0.480 e. The van der Waals surface area contributed by atoms with E-state index in [1.54, 1.807) is 6.92 Å². The Balaban J connectivity index is 4.43. The van der Waals surface area contributed by atoms with Gasteiger partial charge in [-0.25, -0.2) is 9.59 Å². The standard InChI is InChI=1S/C12H20N4O6S/c1-6(2)15-7(11(20)21)3-14-12(22)16-8(5-23)10(19)13-4-9(17)18/h7-8,15,23H,1,3-5H2,2H3,(H,13,19)(H,17,18)(H,20,21)(H2,14,16,22)/t7-,8-/m0/s1. The fourth-order valence-corrected chi connectivity index (χ4v) is 1.64. The Morgan fingerprint density at radius 2 is 1.70 bits per heavy atom. The minimum atomic E-state index is -1.23. The van der Waals surface area contributed by atoms with E-state index in [0.717, 1.165) is 0 Å². The van der Waals surface area contributed by atoms with Crippen LogP contribution in [0, 0.1) is 0 Å². The first-order valence-corrected chi connectivity index (χ1v) is 7.10. The maximum Gasteiger partial charge on any atom is 0.327 e. The summed E-state index contributed by atoms with van der Waals surface area (Å²) in [7, 11) is 0. The van der Waals surface area contributed by atoms with Gasteiger partial charge < -0.3 is 31.5 Å². The van der Waals surface area contributed by atoms with Crippen LogP contribution in [0.3, 0.4) is 0 Å². The number of amides is 3. The summed E-state index contributed by atoms with van der Waals surface area (Å²) in [5.41, 5.74) is 0.417. The lowest BCUT2D eigenvalue weighted by Gasteiger charge is -2.19. The number of urea groups is 1. The van der Waals surface area contributed by atoms with Crippen molar-refractivity contribution in [1.82, 2.24) is 21.3 Å². The van der Waals surface area contributed by atoms with Gasteiger partial charge in [0, 0.05) is 11.4 Å². The number of rotatable bonds is 10. The number of nitrogens with one attached hydrogen (secondary N) is 4. The molecule has 0 fully saturated rings. The van der Waals surface area contributed by atoms with E-state index in [1.807, 2.05) is 0 Å². The van der Waals surface area contributed by atoms with E-state index in [2.05, 4.69) is 40.5 Å². The number of carbonyl (C=O) groups is 4. The van der Waals surface area contributed by atoms with Crippen LogP contribution in [0.1, 0.15) is 6.92 Å². The van der Waals surface area contributed by atoms with Crippen LogP contribution in [0.15, 0.2) is 12.3 Å². The van der Waals surface area contributed by atoms with E-state index < -0.39 is 42.5 Å². The van der Waals surface area contributed by atoms with E-state index in [-0.39, 0.29) is 12.3 Å². The fraction of sp³-hybridized carbons (Fsp3) is 0.500. The minimum absolute atomic E-state index is 0.0642. The highest BCUT2D eigenvalue weighted by atomic mass is 32.1. The van der Waals surface area contributed by atoms with Crippen molar-refractivity contribution in [1.29, 1.82) is 0 Å². The fourth-order valence-electron chi connectivity index (χ4n) is 1.38. The van der Waals surface area contributed by atoms with Crippen molar-refractivity contribution in [2.75, 3.05) is 18.8 Å². The number of carboxylic acids is 2. The average molecular weight is 348 g/mol. The Bertz CT molecular complexity index is 484. The molecule has 0 aromatic carbocycles. The molecule has 0 saturated carbocycles. The van der Waals surface area contributed by atoms with Gasteiger partial charge in [-0.15, -0.1) is 0 Å². The summed E-state index contributed by atoms with van der Waals surface area (Å²) >= 11 is 3.89. The average Bonchev–Trinajstić information content (AvgIpc) is 2.45. The van der Waals surface area contributed by atoms with E-state index in [4.69, 9.17) is 10.2 Å². The highest BCUT2D eigenvalue weighted by Crippen LogP contribution is 1.91. The Morgan fingerprint density at radius 3 is 2.13 bits per heavy atom. The zero-order valence-electron chi connectivity index (χ0n) is 12.5. The molecule has 0 aliphatic heterocycles. The summed E-state index contributed by atoms with van der Waals surface area (Å²) in [4.78, 5) is 44.6. The Kier molecular flexibility index (Phi) is 9.23. The van der Waals surface area contributed by atoms with Gasteiger partial charge in [0.15, 0.2) is 0 Å². The van der Waals surface area contributed by atoms with Gasteiger partial charge in [-0.05, 0) is 6.92 Å². The maximum absolute atomic E-state index is 11.7. The molecule has 10 nitrogen and oxygen atoms in total. The van der Waals surface area contributed by atoms with E-state index in [0.29, 0.717) is 5.70 Å². The summed E-state index contributed by atoms with van der Waals surface area (Å²) in [6.45, 7) is 4.25. The van der Waals surface area contributed by atoms with E-state index >= 15 is 0 Å². The van der Waals surface area contributed by atoms with Crippen molar-refractivity contribution in [3.63, 3.8) is 0 Å². The smallest absolute Gasteiger partial charge is 0.327 e. The molecule has 0 saturated heterocycles. The van der Waals surface area contributed by atoms with Gasteiger partial charge in [0.1, 0.15) is 18.6 Å². The second kappa shape index (κ2) is 10.3. The number of hydrogen-bond acceptors (Lipinski definition) is 6. The van der Waals surface area contributed by atoms with Gasteiger partial charge >= 0.3 is 18.0 Å². The van der Waals surface area contributed by atoms with Crippen molar-refractivity contribution in [2.45, 2.75) is 19.0 Å². The Hall–Kier alpha value is -2.43. The van der Waals surface area contributed by atoms with Gasteiger partial charge in [-0.3, -0.25) is 9.59 Å². The Morgan fingerprint density at radius 1 is 1.09 bits per heavy atom. The predicted octanol–water partition coefficient (Wildman–Crippen LogP) is -1.64. The van der Waals surface area contributed by atoms with Gasteiger partial charge in [-0.1, -0.05) is 6.58 Å². The molecule has 0 bridgehead atoms. The molecular weight excluding hydrogens is 328 g/mol. The van der Waals surface area contributed by atoms with Crippen molar-refractivity contribution in [3.8, 4) is 0 Å². The second-order valence-electron chi connectivity index (χ2n) is 4.52. The molecule has 0 aromatic rings. The summed E-state index contributed by atoms with van der Waals surface area (Å²) in [6, 6.07) is -2.92. The van der Waals surface area contributed by atoms with E-state index in [9.17, 15) is 19.2 Å². The molecule has 23 heavy (non-hydrogen) atoms. The molecule has 0 aliphatic carbocycles. The third-order valence-corrected chi connectivity index (χ3v) is 2.77. The lowest BCUT2D eigenvalue weighted by Crippen LogP contribution is -2.54. The maximum atomic E-state index is 11.7. The molecule has 3 amide bonds. The second-order valence-corrected chi connectivity index (χ2v) is 4.88. The molecule has 0 spiro atoms. The first kappa shape index (κ1) is 20.6. The molecular formula is C12H20N4O6S. The normalized spacial score (nSPS) is 12.4. The first-order chi connectivity index (χ1) is 10.7. The molecule has 11 heteroatoms. The van der Waals surface area contributed by atoms with Crippen LogP contribution in [0.25, 0.3) is 0 Å². The number of hydrogen-bond donors (Lipinski definition) is 7. The molecule has 130 valence electrons. The first-order valence-electron chi connectivity index (χ1n) is 6.47. The van der Waals surface area contributed by atoms with Crippen molar-refractivity contribution in [2.24, 2.45) is 0 Å². The SMILES string of the molecule is C=C(C)N[C@@H](CNC(=O)N[C@@H](CS)C(=O)NCC(=O)O)C(=O)O. The Labute approximate surface area is 138 Å². The van der Waals surface area contributed by atoms with Crippen molar-refractivity contribution < 1.29 is 29.4 Å². The number of thiol groups is 1. The predicted molar refractivity (Wildman–Crippen MR) is 84.2 cm³/mol. The quantitative estimate of drug-likeness (QED) is 0.233. The zero-order valence-corrected chi connectivity index (χ0v) is 13.4. The van der Waals surface area contributed by atoms with Crippen LogP contribution >= 0.6 is 12.6 Å². The van der Waals surface area contributed by atoms with Crippen LogP contribution in [0.2, 0.25) is 0 Å². The number of carboxylic acid groups (broad SMARTS) is 2. The number of carbonyl (C=O) groups excluding carboxylic acids is 2. The van der Waals surface area contributed by atoms with Crippen LogP contribution < -0.4 is 21.3 Å². The largest absolute Gasteiger partial charge is 0.480 e. The van der Waals surface area contributed by atoms with Gasteiger partial charge in [-0.2, -0.15) is 12.6 Å². The van der Waals surface area contributed by atoms with E-state index in [1.165, 1.54) is 0 Å². The lowest BCUT2D eigenvalue weighted by molar-refractivity contribution is -0.139. The summed E-state index contributed by atoms with van der Waals surface area (Å²) in [6.07, 6.45) is 0. The van der Waals surface area contributed by atoms with Crippen LogP contribution in [-0.4, -0.2) is 65.0 Å². The summed E-state index contributed by atoms with van der Waals surface area (Å²) in [5, 5.41) is 26.6. The zero-order chi connectivity index (χ0) is 18.0. The molecule has 0 aliphatic rings. The molecule has 0 heterocycles. The lowest BCUT2D eigenvalue weighted by atomic mass is 10.3. The highest BCUT2D eigenvalue weighted by molar-refractivity contribution is 7.80. The monoisotopic (exact) mass is 348 g/mol. The van der Waals surface area contributed by atoms with Gasteiger partial charge in [0.05, 0.1) is 6.54 Å². The molecule has 0 rings (SSSR count). The van der Waals surface area contributed by atoms with Gasteiger partial charge in [0.25, 0.3) is 0 Å². The van der Waals surface area contributed by atoms with Gasteiger partial charge in [0.2, 0.25) is 5.91 Å². The third-order valence-electron chi connectivity index (χ3n) is 2.40. The third kappa shape index (κ3) is 9.24. The topological polar surface area (TPSA) is 157 Å². The highest BCUT2D eigenvalue weighted by Gasteiger charge is 2.21.